The fraction of sp³-hybridized carbons (Fsp3) is 0.429. The molecule has 0 bridgehead atoms. The van der Waals surface area contributed by atoms with Gasteiger partial charge in [0.15, 0.2) is 0 Å². The number of benzene rings is 1. The lowest BCUT2D eigenvalue weighted by atomic mass is 9.99. The molecule has 2 amide bonds. The largest absolute Gasteiger partial charge is 0.394 e. The fourth-order valence-corrected chi connectivity index (χ4v) is 2.71. The summed E-state index contributed by atoms with van der Waals surface area (Å²) in [5, 5.41) is 9.42. The molecule has 1 aliphatic carbocycles. The lowest BCUT2D eigenvalue weighted by molar-refractivity contribution is 0.0478. The van der Waals surface area contributed by atoms with E-state index in [0.29, 0.717) is 24.0 Å². The van der Waals surface area contributed by atoms with Gasteiger partial charge in [-0.15, -0.1) is 0 Å². The first-order chi connectivity index (χ1) is 8.52. The third-order valence-corrected chi connectivity index (χ3v) is 4.05. The summed E-state index contributed by atoms with van der Waals surface area (Å²) in [6.45, 7) is 3.54. The van der Waals surface area contributed by atoms with Crippen molar-refractivity contribution in [1.82, 2.24) is 4.90 Å². The highest BCUT2D eigenvalue weighted by molar-refractivity contribution is 6.23. The standard InChI is InChI=1S/C14H15NO3/c1-8-3-4-9(2)11-10(8)12(17)15(13(11)18)14(7-16)5-6-14/h3-4,16H,5-7H2,1-2H3. The van der Waals surface area contributed by atoms with Crippen molar-refractivity contribution in [3.8, 4) is 0 Å². The van der Waals surface area contributed by atoms with Crippen molar-refractivity contribution in [3.63, 3.8) is 0 Å². The van der Waals surface area contributed by atoms with Gasteiger partial charge in [-0.3, -0.25) is 14.5 Å². The Bertz CT molecular complexity index is 532. The van der Waals surface area contributed by atoms with Crippen molar-refractivity contribution >= 4 is 11.8 Å². The topological polar surface area (TPSA) is 57.6 Å². The Morgan fingerprint density at radius 3 is 1.89 bits per heavy atom. The molecule has 94 valence electrons. The molecule has 1 aliphatic heterocycles. The van der Waals surface area contributed by atoms with E-state index in [2.05, 4.69) is 0 Å². The molecule has 0 radical (unpaired) electrons. The van der Waals surface area contributed by atoms with Crippen molar-refractivity contribution in [1.29, 1.82) is 0 Å². The van der Waals surface area contributed by atoms with Crippen LogP contribution >= 0.6 is 0 Å². The number of aryl methyl sites for hydroxylation is 2. The smallest absolute Gasteiger partial charge is 0.262 e. The summed E-state index contributed by atoms with van der Waals surface area (Å²) in [7, 11) is 0. The maximum absolute atomic E-state index is 12.4. The molecule has 4 heteroatoms. The maximum atomic E-state index is 12.4. The molecule has 1 aromatic rings. The van der Waals surface area contributed by atoms with E-state index < -0.39 is 5.54 Å². The van der Waals surface area contributed by atoms with Crippen molar-refractivity contribution in [2.45, 2.75) is 32.2 Å². The van der Waals surface area contributed by atoms with E-state index in [1.807, 2.05) is 26.0 Å². The highest BCUT2D eigenvalue weighted by atomic mass is 16.3. The maximum Gasteiger partial charge on any atom is 0.262 e. The number of fused-ring (bicyclic) bond motifs is 1. The van der Waals surface area contributed by atoms with Crippen LogP contribution in [0.25, 0.3) is 0 Å². The van der Waals surface area contributed by atoms with Crippen molar-refractivity contribution in [2.24, 2.45) is 0 Å². The van der Waals surface area contributed by atoms with E-state index in [0.717, 1.165) is 11.1 Å². The summed E-state index contributed by atoms with van der Waals surface area (Å²) < 4.78 is 0. The van der Waals surface area contributed by atoms with Crippen LogP contribution in [-0.4, -0.2) is 34.0 Å². The van der Waals surface area contributed by atoms with Crippen molar-refractivity contribution in [2.75, 3.05) is 6.61 Å². The van der Waals surface area contributed by atoms with Gasteiger partial charge in [-0.25, -0.2) is 0 Å². The average Bonchev–Trinajstić information content (AvgIpc) is 3.07. The summed E-state index contributed by atoms with van der Waals surface area (Å²) >= 11 is 0. The van der Waals surface area contributed by atoms with Crippen LogP contribution in [0.4, 0.5) is 0 Å². The van der Waals surface area contributed by atoms with Gasteiger partial charge < -0.3 is 5.11 Å². The third kappa shape index (κ3) is 1.24. The number of rotatable bonds is 2. The number of amides is 2. The van der Waals surface area contributed by atoms with Gasteiger partial charge >= 0.3 is 0 Å². The van der Waals surface area contributed by atoms with Gasteiger partial charge in [-0.05, 0) is 37.8 Å². The van der Waals surface area contributed by atoms with Gasteiger partial charge in [0.25, 0.3) is 11.8 Å². The number of hydrogen-bond acceptors (Lipinski definition) is 3. The minimum atomic E-state index is -0.633. The fourth-order valence-electron chi connectivity index (χ4n) is 2.71. The predicted molar refractivity (Wildman–Crippen MR) is 65.5 cm³/mol. The van der Waals surface area contributed by atoms with Gasteiger partial charge in [0, 0.05) is 0 Å². The van der Waals surface area contributed by atoms with Gasteiger partial charge in [0.05, 0.1) is 23.3 Å². The molecule has 1 aromatic carbocycles. The van der Waals surface area contributed by atoms with E-state index in [1.165, 1.54) is 4.90 Å². The first-order valence-corrected chi connectivity index (χ1v) is 6.12. The molecular weight excluding hydrogens is 230 g/mol. The molecule has 0 aromatic heterocycles. The Kier molecular flexibility index (Phi) is 2.17. The summed E-state index contributed by atoms with van der Waals surface area (Å²) in [4.78, 5) is 26.1. The third-order valence-electron chi connectivity index (χ3n) is 4.05. The van der Waals surface area contributed by atoms with Crippen LogP contribution in [0.5, 0.6) is 0 Å². The molecule has 4 nitrogen and oxygen atoms in total. The average molecular weight is 245 g/mol. The van der Waals surface area contributed by atoms with Crippen molar-refractivity contribution in [3.05, 3.63) is 34.4 Å². The second kappa shape index (κ2) is 3.42. The lowest BCUT2D eigenvalue weighted by Crippen LogP contribution is -2.44. The molecule has 3 rings (SSSR count). The number of aliphatic hydroxyl groups excluding tert-OH is 1. The highest BCUT2D eigenvalue weighted by Crippen LogP contribution is 2.46. The minimum absolute atomic E-state index is 0.142. The molecule has 18 heavy (non-hydrogen) atoms. The monoisotopic (exact) mass is 245 g/mol. The van der Waals surface area contributed by atoms with E-state index in [9.17, 15) is 14.7 Å². The van der Waals surface area contributed by atoms with Crippen LogP contribution in [0.2, 0.25) is 0 Å². The second-order valence-electron chi connectivity index (χ2n) is 5.28. The van der Waals surface area contributed by atoms with Crippen LogP contribution in [0.1, 0.15) is 44.7 Å². The SMILES string of the molecule is Cc1ccc(C)c2c1C(=O)N(C1(CO)CC1)C2=O. The molecule has 1 fully saturated rings. The quantitative estimate of drug-likeness (QED) is 0.802. The predicted octanol–water partition coefficient (Wildman–Crippen LogP) is 1.42. The van der Waals surface area contributed by atoms with Gasteiger partial charge in [-0.2, -0.15) is 0 Å². The molecule has 1 heterocycles. The Morgan fingerprint density at radius 1 is 1.11 bits per heavy atom. The molecule has 0 atom stereocenters. The number of imide groups is 1. The number of carbonyl (C=O) groups excluding carboxylic acids is 2. The van der Waals surface area contributed by atoms with Gasteiger partial charge in [-0.1, -0.05) is 12.1 Å². The van der Waals surface area contributed by atoms with Crippen LogP contribution in [0, 0.1) is 13.8 Å². The van der Waals surface area contributed by atoms with Crippen LogP contribution in [0.3, 0.4) is 0 Å². The summed E-state index contributed by atoms with van der Waals surface area (Å²) in [6.07, 6.45) is 1.40. The highest BCUT2D eigenvalue weighted by Gasteiger charge is 2.56. The lowest BCUT2D eigenvalue weighted by Gasteiger charge is -2.23. The van der Waals surface area contributed by atoms with Gasteiger partial charge in [0.2, 0.25) is 0 Å². The molecule has 0 spiro atoms. The Balaban J connectivity index is 2.17. The molecule has 0 unspecified atom stereocenters. The Labute approximate surface area is 105 Å². The second-order valence-corrected chi connectivity index (χ2v) is 5.28. The number of aliphatic hydroxyl groups is 1. The zero-order valence-corrected chi connectivity index (χ0v) is 10.5. The first-order valence-electron chi connectivity index (χ1n) is 6.12. The van der Waals surface area contributed by atoms with Crippen LogP contribution in [-0.2, 0) is 0 Å². The summed E-state index contributed by atoms with van der Waals surface area (Å²) in [6, 6.07) is 3.72. The number of hydrogen-bond donors (Lipinski definition) is 1. The minimum Gasteiger partial charge on any atom is -0.394 e. The number of nitrogens with zero attached hydrogens (tertiary/aromatic N) is 1. The number of carbonyl (C=O) groups is 2. The van der Waals surface area contributed by atoms with E-state index >= 15 is 0 Å². The normalized spacial score (nSPS) is 20.3. The van der Waals surface area contributed by atoms with E-state index in [1.54, 1.807) is 0 Å². The Hall–Kier alpha value is -1.68. The Morgan fingerprint density at radius 2 is 1.56 bits per heavy atom. The summed E-state index contributed by atoms with van der Waals surface area (Å²) in [5.41, 5.74) is 2.04. The summed E-state index contributed by atoms with van der Waals surface area (Å²) in [5.74, 6) is -0.495. The van der Waals surface area contributed by atoms with E-state index in [4.69, 9.17) is 0 Å². The molecule has 0 saturated heterocycles. The molecule has 1 saturated carbocycles. The molecule has 1 N–H and O–H groups in total. The molecular formula is C14H15NO3. The van der Waals surface area contributed by atoms with Crippen LogP contribution < -0.4 is 0 Å². The first kappa shape index (κ1) is 11.4. The zero-order valence-electron chi connectivity index (χ0n) is 10.5. The van der Waals surface area contributed by atoms with Gasteiger partial charge in [0.1, 0.15) is 0 Å². The van der Waals surface area contributed by atoms with Crippen LogP contribution in [0.15, 0.2) is 12.1 Å². The van der Waals surface area contributed by atoms with E-state index in [-0.39, 0.29) is 18.4 Å². The zero-order chi connectivity index (χ0) is 13.1. The molecule has 2 aliphatic rings. The van der Waals surface area contributed by atoms with Crippen molar-refractivity contribution < 1.29 is 14.7 Å².